The number of thioether (sulfide) groups is 1. The van der Waals surface area contributed by atoms with Gasteiger partial charge in [0.1, 0.15) is 0 Å². The van der Waals surface area contributed by atoms with Crippen LogP contribution in [0.1, 0.15) is 51.5 Å². The Morgan fingerprint density at radius 1 is 0.946 bits per heavy atom. The van der Waals surface area contributed by atoms with Gasteiger partial charge in [-0.2, -0.15) is 0 Å². The fraction of sp³-hybridized carbons (Fsp3) is 0.448. The van der Waals surface area contributed by atoms with Crippen LogP contribution in [0.4, 0.5) is 0 Å². The fourth-order valence-electron chi connectivity index (χ4n) is 4.68. The van der Waals surface area contributed by atoms with Crippen LogP contribution in [-0.4, -0.2) is 67.8 Å². The van der Waals surface area contributed by atoms with Crippen molar-refractivity contribution < 1.29 is 9.59 Å². The first kappa shape index (κ1) is 26.9. The number of nitrogens with zero attached hydrogens (tertiary/aromatic N) is 5. The average Bonchev–Trinajstić information content (AvgIpc) is 3.33. The van der Waals surface area contributed by atoms with E-state index in [0.29, 0.717) is 32.5 Å². The number of piperazine rings is 1. The maximum Gasteiger partial charge on any atom is 0.222 e. The van der Waals surface area contributed by atoms with Gasteiger partial charge >= 0.3 is 0 Å². The van der Waals surface area contributed by atoms with Crippen molar-refractivity contribution in [1.82, 2.24) is 24.6 Å². The number of amides is 2. The molecular weight excluding hydrogens is 482 g/mol. The quantitative estimate of drug-likeness (QED) is 0.266. The van der Waals surface area contributed by atoms with Crippen LogP contribution in [0.15, 0.2) is 59.8 Å². The molecule has 196 valence electrons. The SMILES string of the molecule is CCCC(=O)N1CCN(C(=O)CCCCSc2nnc(-c3ccccc3)n2-c2ccc(C)cc2)CC1C. The van der Waals surface area contributed by atoms with Crippen molar-refractivity contribution in [2.45, 2.75) is 64.1 Å². The first-order valence-electron chi connectivity index (χ1n) is 13.3. The molecule has 2 heterocycles. The van der Waals surface area contributed by atoms with Crippen LogP contribution in [0.2, 0.25) is 0 Å². The van der Waals surface area contributed by atoms with Crippen LogP contribution in [0.5, 0.6) is 0 Å². The summed E-state index contributed by atoms with van der Waals surface area (Å²) in [6.07, 6.45) is 3.73. The lowest BCUT2D eigenvalue weighted by molar-refractivity contribution is -0.142. The number of carbonyl (C=O) groups excluding carboxylic acids is 2. The molecule has 4 rings (SSSR count). The number of hydrogen-bond donors (Lipinski definition) is 0. The van der Waals surface area contributed by atoms with Crippen molar-refractivity contribution in [3.63, 3.8) is 0 Å². The third-order valence-corrected chi connectivity index (χ3v) is 7.75. The molecule has 1 aliphatic heterocycles. The van der Waals surface area contributed by atoms with Gasteiger partial charge < -0.3 is 9.80 Å². The van der Waals surface area contributed by atoms with Gasteiger partial charge in [0.15, 0.2) is 11.0 Å². The third-order valence-electron chi connectivity index (χ3n) is 6.74. The molecule has 2 amide bonds. The van der Waals surface area contributed by atoms with E-state index >= 15 is 0 Å². The third kappa shape index (κ3) is 6.80. The molecular formula is C29H37N5O2S. The van der Waals surface area contributed by atoms with Gasteiger partial charge in [0.2, 0.25) is 11.8 Å². The molecule has 1 saturated heterocycles. The van der Waals surface area contributed by atoms with Crippen LogP contribution in [0.3, 0.4) is 0 Å². The van der Waals surface area contributed by atoms with Crippen LogP contribution >= 0.6 is 11.8 Å². The largest absolute Gasteiger partial charge is 0.339 e. The molecule has 0 aliphatic carbocycles. The number of unbranched alkanes of at least 4 members (excludes halogenated alkanes) is 1. The van der Waals surface area contributed by atoms with E-state index in [0.717, 1.165) is 47.2 Å². The van der Waals surface area contributed by atoms with E-state index in [-0.39, 0.29) is 17.9 Å². The molecule has 8 heteroatoms. The van der Waals surface area contributed by atoms with E-state index in [1.165, 1.54) is 5.56 Å². The topological polar surface area (TPSA) is 71.3 Å². The lowest BCUT2D eigenvalue weighted by atomic mass is 10.1. The summed E-state index contributed by atoms with van der Waals surface area (Å²) in [6.45, 7) is 8.05. The van der Waals surface area contributed by atoms with E-state index < -0.39 is 0 Å². The Labute approximate surface area is 224 Å². The molecule has 3 aromatic rings. The molecule has 1 atom stereocenters. The lowest BCUT2D eigenvalue weighted by Gasteiger charge is -2.40. The van der Waals surface area contributed by atoms with Crippen molar-refractivity contribution in [2.24, 2.45) is 0 Å². The van der Waals surface area contributed by atoms with Gasteiger partial charge in [-0.25, -0.2) is 0 Å². The number of benzene rings is 2. The smallest absolute Gasteiger partial charge is 0.222 e. The molecule has 0 saturated carbocycles. The van der Waals surface area contributed by atoms with Gasteiger partial charge in [-0.1, -0.05) is 66.7 Å². The second-order valence-corrected chi connectivity index (χ2v) is 10.7. The molecule has 2 aromatic carbocycles. The summed E-state index contributed by atoms with van der Waals surface area (Å²) >= 11 is 1.68. The maximum atomic E-state index is 12.8. The molecule has 0 N–H and O–H groups in total. The molecule has 37 heavy (non-hydrogen) atoms. The molecule has 1 unspecified atom stereocenters. The monoisotopic (exact) mass is 519 g/mol. The summed E-state index contributed by atoms with van der Waals surface area (Å²) in [5, 5.41) is 9.88. The summed E-state index contributed by atoms with van der Waals surface area (Å²) in [6, 6.07) is 18.6. The average molecular weight is 520 g/mol. The van der Waals surface area contributed by atoms with Gasteiger partial charge in [0.05, 0.1) is 0 Å². The minimum atomic E-state index is 0.0826. The predicted octanol–water partition coefficient (Wildman–Crippen LogP) is 5.36. The zero-order valence-corrected chi connectivity index (χ0v) is 22.9. The number of aromatic nitrogens is 3. The molecule has 0 radical (unpaired) electrons. The summed E-state index contributed by atoms with van der Waals surface area (Å²) < 4.78 is 2.12. The molecule has 0 spiro atoms. The summed E-state index contributed by atoms with van der Waals surface area (Å²) in [5.74, 6) is 2.08. The highest BCUT2D eigenvalue weighted by Crippen LogP contribution is 2.28. The van der Waals surface area contributed by atoms with E-state index in [1.807, 2.05) is 41.8 Å². The second-order valence-electron chi connectivity index (χ2n) is 9.67. The first-order chi connectivity index (χ1) is 18.0. The van der Waals surface area contributed by atoms with Crippen molar-refractivity contribution in [1.29, 1.82) is 0 Å². The van der Waals surface area contributed by atoms with E-state index in [9.17, 15) is 9.59 Å². The molecule has 7 nitrogen and oxygen atoms in total. The number of rotatable bonds is 10. The molecule has 0 bridgehead atoms. The first-order valence-corrected chi connectivity index (χ1v) is 14.2. The van der Waals surface area contributed by atoms with Crippen LogP contribution in [0.25, 0.3) is 17.1 Å². The molecule has 1 aliphatic rings. The van der Waals surface area contributed by atoms with Gasteiger partial charge in [-0.3, -0.25) is 14.2 Å². The summed E-state index contributed by atoms with van der Waals surface area (Å²) in [5.41, 5.74) is 3.27. The van der Waals surface area contributed by atoms with Crippen LogP contribution in [-0.2, 0) is 9.59 Å². The predicted molar refractivity (Wildman–Crippen MR) is 149 cm³/mol. The summed E-state index contributed by atoms with van der Waals surface area (Å²) in [4.78, 5) is 28.9. The van der Waals surface area contributed by atoms with Crippen LogP contribution in [0, 0.1) is 6.92 Å². The van der Waals surface area contributed by atoms with E-state index in [4.69, 9.17) is 0 Å². The van der Waals surface area contributed by atoms with Crippen molar-refractivity contribution >= 4 is 23.6 Å². The highest BCUT2D eigenvalue weighted by molar-refractivity contribution is 7.99. The Kier molecular flexibility index (Phi) is 9.39. The minimum Gasteiger partial charge on any atom is -0.339 e. The zero-order chi connectivity index (χ0) is 26.2. The highest BCUT2D eigenvalue weighted by Gasteiger charge is 2.28. The minimum absolute atomic E-state index is 0.0826. The Morgan fingerprint density at radius 3 is 2.41 bits per heavy atom. The number of aryl methyl sites for hydroxylation is 1. The Hall–Kier alpha value is -3.13. The van der Waals surface area contributed by atoms with Gasteiger partial charge in [0.25, 0.3) is 0 Å². The normalized spacial score (nSPS) is 15.7. The number of carbonyl (C=O) groups is 2. The second kappa shape index (κ2) is 12.9. The standard InChI is InChI=1S/C29H37N5O2S/c1-4-10-27(36)33-19-18-32(21-23(33)3)26(35)13-8-9-20-37-29-31-30-28(24-11-6-5-7-12-24)34(29)25-16-14-22(2)15-17-25/h5-7,11-12,14-17,23H,4,8-10,13,18-21H2,1-3H3. The fourth-order valence-corrected chi connectivity index (χ4v) is 5.63. The van der Waals surface area contributed by atoms with Crippen molar-refractivity contribution in [2.75, 3.05) is 25.4 Å². The number of hydrogen-bond acceptors (Lipinski definition) is 5. The van der Waals surface area contributed by atoms with E-state index in [1.54, 1.807) is 11.8 Å². The lowest BCUT2D eigenvalue weighted by Crippen LogP contribution is -2.55. The summed E-state index contributed by atoms with van der Waals surface area (Å²) in [7, 11) is 0. The Morgan fingerprint density at radius 2 is 1.70 bits per heavy atom. The Bertz CT molecular complexity index is 1180. The Balaban J connectivity index is 1.31. The molecule has 1 aromatic heterocycles. The van der Waals surface area contributed by atoms with Gasteiger partial charge in [-0.05, 0) is 45.2 Å². The maximum absolute atomic E-state index is 12.8. The van der Waals surface area contributed by atoms with E-state index in [2.05, 4.69) is 58.1 Å². The van der Waals surface area contributed by atoms with Crippen LogP contribution < -0.4 is 0 Å². The highest BCUT2D eigenvalue weighted by atomic mass is 32.2. The van der Waals surface area contributed by atoms with Crippen molar-refractivity contribution in [3.05, 3.63) is 60.2 Å². The van der Waals surface area contributed by atoms with Crippen molar-refractivity contribution in [3.8, 4) is 17.1 Å². The van der Waals surface area contributed by atoms with Gasteiger partial charge in [0, 0.05) is 55.5 Å². The zero-order valence-electron chi connectivity index (χ0n) is 22.1. The molecule has 1 fully saturated rings. The van der Waals surface area contributed by atoms with Gasteiger partial charge in [-0.15, -0.1) is 10.2 Å².